The van der Waals surface area contributed by atoms with Gasteiger partial charge in [-0.1, -0.05) is 31.2 Å². The molecule has 0 saturated heterocycles. The lowest BCUT2D eigenvalue weighted by molar-refractivity contribution is -0.148. The second kappa shape index (κ2) is 6.23. The predicted octanol–water partition coefficient (Wildman–Crippen LogP) is 2.27. The summed E-state index contributed by atoms with van der Waals surface area (Å²) in [6.45, 7) is 0.152. The number of thiophene rings is 1. The number of hydrogen-bond acceptors (Lipinski definition) is 3. The van der Waals surface area contributed by atoms with E-state index in [1.54, 1.807) is 0 Å². The Morgan fingerprint density at radius 3 is 2.84 bits per heavy atom. The minimum atomic E-state index is -1.43. The van der Waals surface area contributed by atoms with Gasteiger partial charge in [0.1, 0.15) is 0 Å². The molecule has 2 N–H and O–H groups in total. The van der Waals surface area contributed by atoms with Crippen molar-refractivity contribution in [2.75, 3.05) is 6.54 Å². The Kier molecular flexibility index (Phi) is 4.62. The number of terminal acetylenes is 1. The van der Waals surface area contributed by atoms with Gasteiger partial charge in [0.05, 0.1) is 6.54 Å². The summed E-state index contributed by atoms with van der Waals surface area (Å²) in [7, 11) is 0. The first kappa shape index (κ1) is 14.1. The SMILES string of the molecule is C#CCNC(=O)C(O)(c1cccs1)C1CCCCC1. The number of aliphatic hydroxyl groups is 1. The molecule has 1 aromatic rings. The molecule has 3 nitrogen and oxygen atoms in total. The molecule has 1 aliphatic rings. The van der Waals surface area contributed by atoms with E-state index in [1.807, 2.05) is 17.5 Å². The summed E-state index contributed by atoms with van der Waals surface area (Å²) in [6, 6.07) is 3.69. The molecule has 1 aromatic heterocycles. The molecule has 2 rings (SSSR count). The monoisotopic (exact) mass is 277 g/mol. The highest BCUT2D eigenvalue weighted by molar-refractivity contribution is 7.10. The maximum atomic E-state index is 12.4. The van der Waals surface area contributed by atoms with E-state index in [9.17, 15) is 9.90 Å². The van der Waals surface area contributed by atoms with Crippen LogP contribution in [0.15, 0.2) is 17.5 Å². The molecule has 1 atom stereocenters. The average Bonchev–Trinajstić information content (AvgIpc) is 2.99. The van der Waals surface area contributed by atoms with Gasteiger partial charge in [-0.3, -0.25) is 4.79 Å². The molecule has 0 aromatic carbocycles. The summed E-state index contributed by atoms with van der Waals surface area (Å²) in [5.74, 6) is 2.00. The van der Waals surface area contributed by atoms with Crippen LogP contribution in [0.2, 0.25) is 0 Å². The highest BCUT2D eigenvalue weighted by atomic mass is 32.1. The van der Waals surface area contributed by atoms with Crippen LogP contribution in [-0.4, -0.2) is 17.6 Å². The smallest absolute Gasteiger partial charge is 0.258 e. The van der Waals surface area contributed by atoms with E-state index in [1.165, 1.54) is 17.8 Å². The van der Waals surface area contributed by atoms with Gasteiger partial charge < -0.3 is 10.4 Å². The Morgan fingerprint density at radius 2 is 2.26 bits per heavy atom. The lowest BCUT2D eigenvalue weighted by Crippen LogP contribution is -2.49. The van der Waals surface area contributed by atoms with Crippen LogP contribution in [0.4, 0.5) is 0 Å². The minimum absolute atomic E-state index is 0.0160. The predicted molar refractivity (Wildman–Crippen MR) is 76.6 cm³/mol. The Balaban J connectivity index is 2.27. The number of amides is 1. The molecule has 4 heteroatoms. The molecular weight excluding hydrogens is 258 g/mol. The second-order valence-corrected chi connectivity index (χ2v) is 5.91. The van der Waals surface area contributed by atoms with E-state index >= 15 is 0 Å². The van der Waals surface area contributed by atoms with E-state index in [0.717, 1.165) is 25.7 Å². The molecule has 19 heavy (non-hydrogen) atoms. The molecule has 1 unspecified atom stereocenters. The van der Waals surface area contributed by atoms with Crippen molar-refractivity contribution in [3.05, 3.63) is 22.4 Å². The van der Waals surface area contributed by atoms with Gasteiger partial charge in [-0.05, 0) is 24.3 Å². The Hall–Kier alpha value is -1.31. The summed E-state index contributed by atoms with van der Waals surface area (Å²) >= 11 is 1.42. The van der Waals surface area contributed by atoms with Crippen molar-refractivity contribution in [1.82, 2.24) is 5.32 Å². The molecule has 1 fully saturated rings. The van der Waals surface area contributed by atoms with Crippen molar-refractivity contribution >= 4 is 17.2 Å². The van der Waals surface area contributed by atoms with Gasteiger partial charge in [0.15, 0.2) is 5.60 Å². The highest BCUT2D eigenvalue weighted by Gasteiger charge is 2.46. The van der Waals surface area contributed by atoms with Gasteiger partial charge in [-0.25, -0.2) is 0 Å². The lowest BCUT2D eigenvalue weighted by atomic mass is 9.75. The van der Waals surface area contributed by atoms with Crippen LogP contribution < -0.4 is 5.32 Å². The number of hydrogen-bond donors (Lipinski definition) is 2. The molecule has 0 bridgehead atoms. The van der Waals surface area contributed by atoms with Gasteiger partial charge in [0.25, 0.3) is 5.91 Å². The van der Waals surface area contributed by atoms with Crippen molar-refractivity contribution in [2.45, 2.75) is 37.7 Å². The molecule has 0 radical (unpaired) electrons. The van der Waals surface area contributed by atoms with Gasteiger partial charge >= 0.3 is 0 Å². The third-order valence-corrected chi connectivity index (χ3v) is 4.78. The molecule has 1 heterocycles. The maximum absolute atomic E-state index is 12.4. The first-order chi connectivity index (χ1) is 9.19. The number of carbonyl (C=O) groups is 1. The second-order valence-electron chi connectivity index (χ2n) is 4.97. The third kappa shape index (κ3) is 2.83. The van der Waals surface area contributed by atoms with Crippen LogP contribution >= 0.6 is 11.3 Å². The van der Waals surface area contributed by atoms with Gasteiger partial charge in [-0.2, -0.15) is 0 Å². The van der Waals surface area contributed by atoms with Crippen LogP contribution in [0.25, 0.3) is 0 Å². The van der Waals surface area contributed by atoms with Crippen molar-refractivity contribution in [3.63, 3.8) is 0 Å². The fourth-order valence-corrected chi connectivity index (χ4v) is 3.68. The molecule has 1 saturated carbocycles. The van der Waals surface area contributed by atoms with Crippen LogP contribution in [-0.2, 0) is 10.4 Å². The van der Waals surface area contributed by atoms with Crippen LogP contribution in [0.1, 0.15) is 37.0 Å². The van der Waals surface area contributed by atoms with E-state index in [2.05, 4.69) is 11.2 Å². The Labute approximate surface area is 118 Å². The van der Waals surface area contributed by atoms with Crippen molar-refractivity contribution in [2.24, 2.45) is 5.92 Å². The first-order valence-corrected chi connectivity index (χ1v) is 7.55. The molecule has 1 aliphatic carbocycles. The molecule has 0 aliphatic heterocycles. The maximum Gasteiger partial charge on any atom is 0.258 e. The standard InChI is InChI=1S/C15H19NO2S/c1-2-10-16-14(17)15(18,13-9-6-11-19-13)12-7-4-3-5-8-12/h1,6,9,11-12,18H,3-5,7-8,10H2,(H,16,17). The summed E-state index contributed by atoms with van der Waals surface area (Å²) in [4.78, 5) is 13.1. The number of nitrogens with one attached hydrogen (secondary N) is 1. The van der Waals surface area contributed by atoms with E-state index < -0.39 is 5.60 Å². The summed E-state index contributed by atoms with van der Waals surface area (Å²) in [6.07, 6.45) is 10.3. The quantitative estimate of drug-likeness (QED) is 0.829. The zero-order valence-corrected chi connectivity index (χ0v) is 11.7. The summed E-state index contributed by atoms with van der Waals surface area (Å²) in [5, 5.41) is 15.5. The number of carbonyl (C=O) groups excluding carboxylic acids is 1. The van der Waals surface area contributed by atoms with E-state index in [4.69, 9.17) is 6.42 Å². The largest absolute Gasteiger partial charge is 0.374 e. The van der Waals surface area contributed by atoms with Crippen LogP contribution in [0, 0.1) is 18.3 Å². The van der Waals surface area contributed by atoms with Crippen molar-refractivity contribution < 1.29 is 9.90 Å². The zero-order valence-electron chi connectivity index (χ0n) is 10.9. The van der Waals surface area contributed by atoms with Gasteiger partial charge in [0.2, 0.25) is 0 Å². The summed E-state index contributed by atoms with van der Waals surface area (Å²) < 4.78 is 0. The average molecular weight is 277 g/mol. The zero-order chi connectivity index (χ0) is 13.7. The fraction of sp³-hybridized carbons (Fsp3) is 0.533. The Bertz CT molecular complexity index is 457. The van der Waals surface area contributed by atoms with Gasteiger partial charge in [0, 0.05) is 10.8 Å². The Morgan fingerprint density at radius 1 is 1.53 bits per heavy atom. The topological polar surface area (TPSA) is 49.3 Å². The number of rotatable bonds is 4. The highest BCUT2D eigenvalue weighted by Crippen LogP contribution is 2.41. The molecule has 0 spiro atoms. The fourth-order valence-electron chi connectivity index (χ4n) is 2.78. The van der Waals surface area contributed by atoms with Gasteiger partial charge in [-0.15, -0.1) is 17.8 Å². The van der Waals surface area contributed by atoms with E-state index in [-0.39, 0.29) is 18.4 Å². The first-order valence-electron chi connectivity index (χ1n) is 6.67. The van der Waals surface area contributed by atoms with Crippen molar-refractivity contribution in [3.8, 4) is 12.3 Å². The molecular formula is C15H19NO2S. The molecule has 1 amide bonds. The van der Waals surface area contributed by atoms with Crippen LogP contribution in [0.3, 0.4) is 0 Å². The lowest BCUT2D eigenvalue weighted by Gasteiger charge is -2.36. The minimum Gasteiger partial charge on any atom is -0.374 e. The normalized spacial score (nSPS) is 19.4. The van der Waals surface area contributed by atoms with E-state index in [0.29, 0.717) is 4.88 Å². The van der Waals surface area contributed by atoms with Crippen LogP contribution in [0.5, 0.6) is 0 Å². The van der Waals surface area contributed by atoms with Crippen molar-refractivity contribution in [1.29, 1.82) is 0 Å². The summed E-state index contributed by atoms with van der Waals surface area (Å²) in [5.41, 5.74) is -1.43. The third-order valence-electron chi connectivity index (χ3n) is 3.79. The molecule has 102 valence electrons.